The Kier molecular flexibility index (Phi) is 6.05. The van der Waals surface area contributed by atoms with E-state index in [0.717, 1.165) is 0 Å². The molecule has 0 heterocycles. The number of hydrogen-bond acceptors (Lipinski definition) is 3. The van der Waals surface area contributed by atoms with Crippen LogP contribution in [0.4, 0.5) is 0 Å². The van der Waals surface area contributed by atoms with Crippen LogP contribution in [0.3, 0.4) is 0 Å². The van der Waals surface area contributed by atoms with Crippen molar-refractivity contribution in [2.45, 2.75) is 0 Å². The molecule has 0 aromatic carbocycles. The molecule has 0 fully saturated rings. The van der Waals surface area contributed by atoms with Crippen LogP contribution in [-0.2, 0) is 9.59 Å². The number of hydrogen-bond donors (Lipinski definition) is 1. The Morgan fingerprint density at radius 1 is 1.62 bits per heavy atom. The molecule has 5 heteroatoms. The van der Waals surface area contributed by atoms with Crippen molar-refractivity contribution < 1.29 is 14.7 Å². The minimum Gasteiger partial charge on any atom is -0.480 e. The van der Waals surface area contributed by atoms with Crippen LogP contribution >= 0.6 is 11.8 Å². The molecular weight excluding hydrogens is 190 g/mol. The highest BCUT2D eigenvalue weighted by molar-refractivity contribution is 7.99. The third-order valence-corrected chi connectivity index (χ3v) is 1.83. The van der Waals surface area contributed by atoms with Gasteiger partial charge in [0, 0.05) is 6.54 Å². The molecule has 0 aromatic heterocycles. The van der Waals surface area contributed by atoms with E-state index in [1.165, 1.54) is 22.7 Å². The lowest BCUT2D eigenvalue weighted by Gasteiger charge is -2.17. The molecule has 0 unspecified atom stereocenters. The Bertz CT molecular complexity index is 206. The maximum absolute atomic E-state index is 11.3. The summed E-state index contributed by atoms with van der Waals surface area (Å²) >= 11 is 1.37. The van der Waals surface area contributed by atoms with E-state index in [-0.39, 0.29) is 19.0 Å². The van der Waals surface area contributed by atoms with Gasteiger partial charge in [-0.15, -0.1) is 6.58 Å². The van der Waals surface area contributed by atoms with Gasteiger partial charge in [0.15, 0.2) is 0 Å². The largest absolute Gasteiger partial charge is 0.480 e. The predicted molar refractivity (Wildman–Crippen MR) is 52.8 cm³/mol. The number of carbonyl (C=O) groups is 2. The first kappa shape index (κ1) is 12.0. The summed E-state index contributed by atoms with van der Waals surface area (Å²) in [4.78, 5) is 22.9. The third-order valence-electron chi connectivity index (χ3n) is 1.30. The van der Waals surface area contributed by atoms with Gasteiger partial charge >= 0.3 is 5.97 Å². The monoisotopic (exact) mass is 203 g/mol. The average molecular weight is 203 g/mol. The minimum atomic E-state index is -1.00. The Balaban J connectivity index is 4.13. The maximum atomic E-state index is 11.3. The van der Waals surface area contributed by atoms with Gasteiger partial charge in [-0.25, -0.2) is 0 Å². The summed E-state index contributed by atoms with van der Waals surface area (Å²) in [5, 5.41) is 8.49. The van der Waals surface area contributed by atoms with Crippen molar-refractivity contribution in [3.05, 3.63) is 12.7 Å². The molecule has 1 amide bonds. The third kappa shape index (κ3) is 5.30. The van der Waals surface area contributed by atoms with Gasteiger partial charge in [-0.05, 0) is 6.26 Å². The number of amides is 1. The van der Waals surface area contributed by atoms with Gasteiger partial charge < -0.3 is 10.0 Å². The van der Waals surface area contributed by atoms with Crippen molar-refractivity contribution in [3.8, 4) is 0 Å². The predicted octanol–water partition coefficient (Wildman–Crippen LogP) is 0.449. The Hall–Kier alpha value is -0.970. The summed E-state index contributed by atoms with van der Waals surface area (Å²) in [6.07, 6.45) is 3.31. The number of nitrogens with zero attached hydrogens (tertiary/aromatic N) is 1. The molecule has 0 aliphatic carbocycles. The van der Waals surface area contributed by atoms with E-state index in [1.807, 2.05) is 0 Å². The Labute approximate surface area is 81.6 Å². The molecule has 0 spiro atoms. The summed E-state index contributed by atoms with van der Waals surface area (Å²) < 4.78 is 0. The number of carbonyl (C=O) groups excluding carboxylic acids is 1. The van der Waals surface area contributed by atoms with Crippen molar-refractivity contribution in [1.29, 1.82) is 0 Å². The first-order chi connectivity index (χ1) is 6.11. The standard InChI is InChI=1S/C8H13NO3S/c1-3-4-9(5-8(11)12)7(10)6-13-2/h3H,1,4-6H2,2H3,(H,11,12). The van der Waals surface area contributed by atoms with Crippen molar-refractivity contribution in [2.24, 2.45) is 0 Å². The first-order valence-corrected chi connectivity index (χ1v) is 5.10. The van der Waals surface area contributed by atoms with E-state index in [1.54, 1.807) is 6.26 Å². The van der Waals surface area contributed by atoms with Crippen molar-refractivity contribution >= 4 is 23.6 Å². The molecular formula is C8H13NO3S. The summed E-state index contributed by atoms with van der Waals surface area (Å²) in [6, 6.07) is 0. The highest BCUT2D eigenvalue weighted by atomic mass is 32.2. The summed E-state index contributed by atoms with van der Waals surface area (Å²) in [7, 11) is 0. The van der Waals surface area contributed by atoms with Crippen LogP contribution < -0.4 is 0 Å². The lowest BCUT2D eigenvalue weighted by atomic mass is 10.4. The number of carboxylic acid groups (broad SMARTS) is 1. The zero-order valence-corrected chi connectivity index (χ0v) is 8.34. The quantitative estimate of drug-likeness (QED) is 0.637. The van der Waals surface area contributed by atoms with Crippen molar-refractivity contribution in [2.75, 3.05) is 25.1 Å². The molecule has 1 N–H and O–H groups in total. The molecule has 0 atom stereocenters. The topological polar surface area (TPSA) is 57.6 Å². The molecule has 0 saturated heterocycles. The van der Waals surface area contributed by atoms with Gasteiger partial charge in [0.25, 0.3) is 0 Å². The van der Waals surface area contributed by atoms with E-state index in [0.29, 0.717) is 5.75 Å². The zero-order valence-electron chi connectivity index (χ0n) is 7.52. The van der Waals surface area contributed by atoms with E-state index in [4.69, 9.17) is 5.11 Å². The lowest BCUT2D eigenvalue weighted by Crippen LogP contribution is -2.36. The SMILES string of the molecule is C=CCN(CC(=O)O)C(=O)CSC. The second kappa shape index (κ2) is 6.54. The Morgan fingerprint density at radius 2 is 2.23 bits per heavy atom. The van der Waals surface area contributed by atoms with Gasteiger partial charge in [0.05, 0.1) is 5.75 Å². The first-order valence-electron chi connectivity index (χ1n) is 3.71. The number of carboxylic acids is 1. The van der Waals surface area contributed by atoms with Crippen LogP contribution in [0.25, 0.3) is 0 Å². The summed E-state index contributed by atoms with van der Waals surface area (Å²) in [6.45, 7) is 3.48. The lowest BCUT2D eigenvalue weighted by molar-refractivity contribution is -0.143. The van der Waals surface area contributed by atoms with E-state index in [9.17, 15) is 9.59 Å². The normalized spacial score (nSPS) is 9.31. The van der Waals surface area contributed by atoms with Gasteiger partial charge in [-0.2, -0.15) is 11.8 Å². The second-order valence-corrected chi connectivity index (χ2v) is 3.26. The molecule has 13 heavy (non-hydrogen) atoms. The van der Waals surface area contributed by atoms with Crippen LogP contribution in [0.15, 0.2) is 12.7 Å². The fourth-order valence-electron chi connectivity index (χ4n) is 0.788. The highest BCUT2D eigenvalue weighted by Gasteiger charge is 2.13. The molecule has 74 valence electrons. The smallest absolute Gasteiger partial charge is 0.323 e. The highest BCUT2D eigenvalue weighted by Crippen LogP contribution is 1.98. The molecule has 0 saturated carbocycles. The fourth-order valence-corrected chi connectivity index (χ4v) is 1.22. The summed E-state index contributed by atoms with van der Waals surface area (Å²) in [5.41, 5.74) is 0. The molecule has 0 aliphatic heterocycles. The second-order valence-electron chi connectivity index (χ2n) is 2.39. The molecule has 0 aliphatic rings. The number of aliphatic carboxylic acids is 1. The Morgan fingerprint density at radius 3 is 2.62 bits per heavy atom. The van der Waals surface area contributed by atoms with Crippen LogP contribution in [0, 0.1) is 0 Å². The van der Waals surface area contributed by atoms with Crippen molar-refractivity contribution in [1.82, 2.24) is 4.90 Å². The molecule has 0 aromatic rings. The molecule has 0 rings (SSSR count). The van der Waals surface area contributed by atoms with Gasteiger partial charge in [0.2, 0.25) is 5.91 Å². The van der Waals surface area contributed by atoms with Crippen LogP contribution in [-0.4, -0.2) is 47.0 Å². The van der Waals surface area contributed by atoms with Gasteiger partial charge in [-0.1, -0.05) is 6.08 Å². The van der Waals surface area contributed by atoms with Crippen molar-refractivity contribution in [3.63, 3.8) is 0 Å². The fraction of sp³-hybridized carbons (Fsp3) is 0.500. The van der Waals surface area contributed by atoms with Gasteiger partial charge in [0.1, 0.15) is 6.54 Å². The molecule has 4 nitrogen and oxygen atoms in total. The maximum Gasteiger partial charge on any atom is 0.323 e. The van der Waals surface area contributed by atoms with Crippen LogP contribution in [0.5, 0.6) is 0 Å². The molecule has 0 radical (unpaired) electrons. The van der Waals surface area contributed by atoms with Crippen LogP contribution in [0.1, 0.15) is 0 Å². The van der Waals surface area contributed by atoms with E-state index in [2.05, 4.69) is 6.58 Å². The minimum absolute atomic E-state index is 0.171. The average Bonchev–Trinajstić information content (AvgIpc) is 2.03. The van der Waals surface area contributed by atoms with Crippen LogP contribution in [0.2, 0.25) is 0 Å². The number of rotatable bonds is 6. The molecule has 0 bridgehead atoms. The van der Waals surface area contributed by atoms with E-state index < -0.39 is 5.97 Å². The zero-order chi connectivity index (χ0) is 10.3. The van der Waals surface area contributed by atoms with Gasteiger partial charge in [-0.3, -0.25) is 9.59 Å². The number of thioether (sulfide) groups is 1. The van der Waals surface area contributed by atoms with E-state index >= 15 is 0 Å². The summed E-state index contributed by atoms with van der Waals surface area (Å²) in [5.74, 6) is -0.868.